The second kappa shape index (κ2) is 24.7. The normalized spacial score (nSPS) is 21.1. The Labute approximate surface area is 734 Å². The van der Waals surface area contributed by atoms with E-state index in [1.165, 1.54) is 217 Å². The first kappa shape index (κ1) is 75.0. The van der Waals surface area contributed by atoms with Gasteiger partial charge in [0.05, 0.1) is 29.1 Å². The third kappa shape index (κ3) is 8.88. The Morgan fingerprint density at radius 1 is 0.168 bits per heavy atom. The second-order valence-electron chi connectivity index (χ2n) is 41.4. The van der Waals surface area contributed by atoms with Gasteiger partial charge in [0.2, 0.25) is 0 Å². The van der Waals surface area contributed by atoms with E-state index in [9.17, 15) is 15.3 Å². The molecule has 0 radical (unpaired) electrons. The molecule has 0 aliphatic heterocycles. The molecule has 0 bridgehead atoms. The van der Waals surface area contributed by atoms with Crippen molar-refractivity contribution in [3.05, 3.63) is 438 Å². The highest BCUT2D eigenvalue weighted by Gasteiger charge is 2.64. The Morgan fingerprint density at radius 2 is 0.416 bits per heavy atom. The molecule has 0 heterocycles. The first-order valence-electron chi connectivity index (χ1n) is 45.2. The van der Waals surface area contributed by atoms with Gasteiger partial charge in [-0.25, -0.2) is 0 Å². The lowest BCUT2D eigenvalue weighted by atomic mass is 9.57. The fraction of sp³-hybridized carbons (Fsp3) is 0.213. The molecular weight excluding hydrogens is 1510 g/mol. The van der Waals surface area contributed by atoms with Crippen molar-refractivity contribution in [2.45, 2.75) is 164 Å². The van der Waals surface area contributed by atoms with Crippen molar-refractivity contribution in [2.75, 3.05) is 0 Å². The van der Waals surface area contributed by atoms with Crippen molar-refractivity contribution in [1.82, 2.24) is 0 Å². The summed E-state index contributed by atoms with van der Waals surface area (Å²) in [7, 11) is 0. The van der Waals surface area contributed by atoms with Gasteiger partial charge in [-0.15, -0.1) is 0 Å². The van der Waals surface area contributed by atoms with Crippen LogP contribution in [0.2, 0.25) is 0 Å². The van der Waals surface area contributed by atoms with Crippen molar-refractivity contribution < 1.29 is 15.3 Å². The number of aliphatic hydroxyl groups excluding tert-OH is 3. The van der Waals surface area contributed by atoms with Crippen molar-refractivity contribution in [1.29, 1.82) is 0 Å². The van der Waals surface area contributed by atoms with Crippen molar-refractivity contribution in [3.8, 4) is 122 Å². The van der Waals surface area contributed by atoms with Gasteiger partial charge in [0.15, 0.2) is 0 Å². The van der Waals surface area contributed by atoms with E-state index in [1.807, 2.05) is 24.3 Å². The molecule has 5 unspecified atom stereocenters. The molecule has 2 spiro atoms. The average Bonchev–Trinajstić information content (AvgIpc) is 1.47. The van der Waals surface area contributed by atoms with E-state index >= 15 is 0 Å². The Morgan fingerprint density at radius 3 is 0.824 bits per heavy atom. The van der Waals surface area contributed by atoms with Crippen LogP contribution in [0.1, 0.15) is 238 Å². The Bertz CT molecular complexity index is 7560. The minimum atomic E-state index is -0.924. The molecule has 3 nitrogen and oxygen atoms in total. The third-order valence-corrected chi connectivity index (χ3v) is 33.1. The largest absolute Gasteiger partial charge is 0.387 e. The van der Waals surface area contributed by atoms with Crippen LogP contribution in [0.25, 0.3) is 122 Å². The van der Waals surface area contributed by atoms with Gasteiger partial charge >= 0.3 is 0 Å². The molecule has 16 aromatic carbocycles. The maximum Gasteiger partial charge on any atom is 0.0981 e. The number of aliphatic hydroxyl groups is 3. The second-order valence-corrected chi connectivity index (χ2v) is 41.4. The summed E-state index contributed by atoms with van der Waals surface area (Å²) in [5.41, 5.74) is 52.7. The lowest BCUT2D eigenvalue weighted by molar-refractivity contribution is 0.0986. The summed E-state index contributed by atoms with van der Waals surface area (Å²) in [6.45, 7) is 33.1. The van der Waals surface area contributed by atoms with Crippen LogP contribution in [0.5, 0.6) is 0 Å². The molecule has 0 saturated carbocycles. The molecule has 3 N–H and O–H groups in total. The average molecular weight is 1610 g/mol. The van der Waals surface area contributed by atoms with Crippen LogP contribution in [0, 0.1) is 0 Å². The highest BCUT2D eigenvalue weighted by molar-refractivity contribution is 6.10. The molecule has 0 amide bonds. The third-order valence-electron chi connectivity index (χ3n) is 33.1. The highest BCUT2D eigenvalue weighted by atomic mass is 16.3. The minimum Gasteiger partial charge on any atom is -0.387 e. The quantitative estimate of drug-likeness (QED) is 0.142. The van der Waals surface area contributed by atoms with E-state index in [0.717, 1.165) is 27.8 Å². The molecule has 3 heteroatoms. The van der Waals surface area contributed by atoms with Crippen LogP contribution in [0.3, 0.4) is 0 Å². The van der Waals surface area contributed by atoms with E-state index in [4.69, 9.17) is 0 Å². The van der Waals surface area contributed by atoms with E-state index in [-0.39, 0.29) is 37.9 Å². The van der Waals surface area contributed by atoms with Crippen LogP contribution in [0.15, 0.2) is 315 Å². The van der Waals surface area contributed by atoms with Gasteiger partial charge in [-0.1, -0.05) is 388 Å². The number of fused-ring (bicyclic) bond motifs is 45. The summed E-state index contributed by atoms with van der Waals surface area (Å²) in [5.74, 6) is 0. The van der Waals surface area contributed by atoms with Gasteiger partial charge in [0.25, 0.3) is 0 Å². The van der Waals surface area contributed by atoms with E-state index in [1.54, 1.807) is 0 Å². The summed E-state index contributed by atoms with van der Waals surface area (Å²) < 4.78 is 0. The smallest absolute Gasteiger partial charge is 0.0981 e. The zero-order valence-corrected chi connectivity index (χ0v) is 73.6. The molecule has 11 aliphatic rings. The molecule has 5 atom stereocenters. The highest BCUT2D eigenvalue weighted by Crippen LogP contribution is 2.76. The van der Waals surface area contributed by atoms with Gasteiger partial charge < -0.3 is 15.3 Å². The molecule has 16 aromatic rings. The van der Waals surface area contributed by atoms with Crippen molar-refractivity contribution in [3.63, 3.8) is 0 Å². The lowest BCUT2D eigenvalue weighted by Gasteiger charge is -2.47. The van der Waals surface area contributed by atoms with E-state index < -0.39 is 29.1 Å². The summed E-state index contributed by atoms with van der Waals surface area (Å²) in [5, 5.41) is 38.4. The number of hydrogen-bond acceptors (Lipinski definition) is 3. The Hall–Kier alpha value is -12.6. The maximum absolute atomic E-state index is 14.8. The molecular formula is C122H100O3. The molecule has 11 aliphatic carbocycles. The zero-order chi connectivity index (χ0) is 85.4. The minimum absolute atomic E-state index is 0.0951. The predicted molar refractivity (Wildman–Crippen MR) is 512 cm³/mol. The van der Waals surface area contributed by atoms with Gasteiger partial charge in [-0.2, -0.15) is 0 Å². The van der Waals surface area contributed by atoms with Crippen LogP contribution < -0.4 is 0 Å². The van der Waals surface area contributed by atoms with Gasteiger partial charge in [-0.3, -0.25) is 0 Å². The number of benzene rings is 16. The Kier molecular flexibility index (Phi) is 14.8. The SMILES string of the molecule is CC1(C)c2ccccc2-c2c3c(c4c(c21)-c1ccccc1C4(C)C)-c1ccccc1C1(c2ccccc2-c2c4c(c5c(c21)-c1ccccc1C5(C)C)-c1ccccc1C4(C)C)C3O.CC1(C)c2ccccc2-c2cc3c(cc21)-c1ccccc1C1(c2ccccc2-c2cc4c(cc21)-c1ccccc1C4(C)C)C3O.CC1(C)c2ccccc2-c2ccccc2C1O. The number of hydrogen-bond donors (Lipinski definition) is 3. The summed E-state index contributed by atoms with van der Waals surface area (Å²) in [6, 6.07) is 116. The lowest BCUT2D eigenvalue weighted by Crippen LogP contribution is -2.40. The van der Waals surface area contributed by atoms with Gasteiger partial charge in [0, 0.05) is 37.9 Å². The first-order valence-corrected chi connectivity index (χ1v) is 45.2. The van der Waals surface area contributed by atoms with Crippen LogP contribution in [-0.4, -0.2) is 15.3 Å². The summed E-state index contributed by atoms with van der Waals surface area (Å²) >= 11 is 0. The summed E-state index contributed by atoms with van der Waals surface area (Å²) in [4.78, 5) is 0. The number of rotatable bonds is 0. The summed E-state index contributed by atoms with van der Waals surface area (Å²) in [6.07, 6.45) is -2.10. The van der Waals surface area contributed by atoms with Gasteiger partial charge in [0.1, 0.15) is 0 Å². The van der Waals surface area contributed by atoms with Crippen LogP contribution in [-0.2, 0) is 48.7 Å². The van der Waals surface area contributed by atoms with Crippen LogP contribution >= 0.6 is 0 Å². The first-order chi connectivity index (χ1) is 60.1. The van der Waals surface area contributed by atoms with Crippen molar-refractivity contribution in [2.24, 2.45) is 0 Å². The Balaban J connectivity index is 0.000000119. The van der Waals surface area contributed by atoms with E-state index in [2.05, 4.69) is 388 Å². The maximum atomic E-state index is 14.8. The molecule has 0 aromatic heterocycles. The standard InChI is InChI=1S/C62H50O.C44H34O.C16H16O/c1-58(2)39-27-15-9-21-33(39)45-51-46(53-47(52(45)58)34-22-10-16-28-40(34)59(53,3)4)37-25-13-19-31-43(37)62(57(51)63)44-32-20-14-26-38(44)50-55-48(35-23-11-17-29-41(35)60(55,5)6)54-49(56(50)62)36-24-12-18-30-42(36)61(54,7)8;1-42(2)34-17-9-5-14-26(34)30-21-33-29(22-38(30)42)25-13-7-11-19-36(25)44(41(33)45)37-20-12-8-16-28(37)32-23-39-31(24-40(32)44)27-15-6-10-18-35(27)43(39,3)4;1-16(2)14-10-6-5-8-12(14)11-7-3-4-9-13(11)15(16)17/h9-32,57,63H,1-8H3;5-24,41,45H,1-4H3;3-10,15,17H,1-2H3. The zero-order valence-electron chi connectivity index (χ0n) is 73.6. The molecule has 27 rings (SSSR count). The molecule has 125 heavy (non-hydrogen) atoms. The predicted octanol–water partition coefficient (Wildman–Crippen LogP) is 28.9. The van der Waals surface area contributed by atoms with E-state index in [0.29, 0.717) is 0 Å². The fourth-order valence-electron chi connectivity index (χ4n) is 27.6. The fourth-order valence-corrected chi connectivity index (χ4v) is 27.6. The van der Waals surface area contributed by atoms with Gasteiger partial charge in [-0.05, 0) is 269 Å². The topological polar surface area (TPSA) is 60.7 Å². The molecule has 0 saturated heterocycles. The molecule has 606 valence electrons. The molecule has 0 fully saturated rings. The monoisotopic (exact) mass is 1610 g/mol. The van der Waals surface area contributed by atoms with Crippen LogP contribution in [0.4, 0.5) is 0 Å². The van der Waals surface area contributed by atoms with Crippen molar-refractivity contribution >= 4 is 0 Å².